The third-order valence-corrected chi connectivity index (χ3v) is 6.24. The maximum absolute atomic E-state index is 12.0. The van der Waals surface area contributed by atoms with Crippen LogP contribution in [-0.4, -0.2) is 38.4 Å². The first kappa shape index (κ1) is 19.7. The molecule has 1 aliphatic rings. The molecule has 31 heavy (non-hydrogen) atoms. The Balaban J connectivity index is 1.41. The first-order valence-corrected chi connectivity index (χ1v) is 11.0. The van der Waals surface area contributed by atoms with Crippen LogP contribution in [0.5, 0.6) is 0 Å². The number of nitrogens with two attached hydrogens (primary N) is 1. The largest absolute Gasteiger partial charge is 0.366 e. The Morgan fingerprint density at radius 2 is 1.87 bits per heavy atom. The van der Waals surface area contributed by atoms with Crippen LogP contribution in [-0.2, 0) is 13.1 Å². The van der Waals surface area contributed by atoms with Gasteiger partial charge in [0.1, 0.15) is 5.82 Å². The van der Waals surface area contributed by atoms with Crippen LogP contribution >= 0.6 is 0 Å². The summed E-state index contributed by atoms with van der Waals surface area (Å²) < 4.78 is 2.35. The predicted octanol–water partition coefficient (Wildman–Crippen LogP) is 4.08. The fourth-order valence-corrected chi connectivity index (χ4v) is 4.75. The van der Waals surface area contributed by atoms with Crippen molar-refractivity contribution in [2.45, 2.75) is 38.8 Å². The van der Waals surface area contributed by atoms with Gasteiger partial charge >= 0.3 is 0 Å². The monoisotopic (exact) mass is 413 g/mol. The Bertz CT molecular complexity index is 1260. The number of rotatable bonds is 6. The summed E-state index contributed by atoms with van der Waals surface area (Å²) >= 11 is 0. The van der Waals surface area contributed by atoms with Crippen molar-refractivity contribution in [3.05, 3.63) is 71.7 Å². The number of amides is 1. The van der Waals surface area contributed by atoms with E-state index in [0.29, 0.717) is 5.56 Å². The Hall–Kier alpha value is -3.25. The Morgan fingerprint density at radius 3 is 2.68 bits per heavy atom. The number of para-hydroxylation sites is 3. The molecule has 6 heteroatoms. The highest BCUT2D eigenvalue weighted by Gasteiger charge is 2.27. The molecule has 0 bridgehead atoms. The highest BCUT2D eigenvalue weighted by atomic mass is 16.1. The number of benzene rings is 2. The van der Waals surface area contributed by atoms with Crippen molar-refractivity contribution in [2.24, 2.45) is 5.73 Å². The normalized spacial score (nSPS) is 17.0. The number of aryl methyl sites for hydroxylation is 1. The lowest BCUT2D eigenvalue weighted by Gasteiger charge is -2.17. The number of likely N-dealkylation sites (tertiary alicyclic amines) is 1. The number of fused-ring (bicyclic) bond motifs is 2. The zero-order valence-corrected chi connectivity index (χ0v) is 17.8. The van der Waals surface area contributed by atoms with Crippen LogP contribution in [0, 0.1) is 0 Å². The summed E-state index contributed by atoms with van der Waals surface area (Å²) in [5.74, 6) is 1.00. The van der Waals surface area contributed by atoms with E-state index in [1.54, 1.807) is 0 Å². The number of imidazole rings is 1. The van der Waals surface area contributed by atoms with Crippen molar-refractivity contribution >= 4 is 27.8 Å². The molecular formula is C25H27N5O. The second-order valence-electron chi connectivity index (χ2n) is 8.37. The second kappa shape index (κ2) is 8.12. The van der Waals surface area contributed by atoms with Gasteiger partial charge in [-0.2, -0.15) is 0 Å². The Kier molecular flexibility index (Phi) is 5.16. The lowest BCUT2D eigenvalue weighted by Crippen LogP contribution is -2.22. The van der Waals surface area contributed by atoms with Crippen LogP contribution < -0.4 is 5.73 Å². The van der Waals surface area contributed by atoms with Crippen molar-refractivity contribution in [3.63, 3.8) is 0 Å². The molecule has 5 rings (SSSR count). The van der Waals surface area contributed by atoms with Gasteiger partial charge in [0, 0.05) is 30.1 Å². The van der Waals surface area contributed by atoms with Crippen molar-refractivity contribution in [3.8, 4) is 0 Å². The van der Waals surface area contributed by atoms with Gasteiger partial charge in [-0.25, -0.2) is 4.98 Å². The molecule has 0 aliphatic carbocycles. The topological polar surface area (TPSA) is 77.0 Å². The summed E-state index contributed by atoms with van der Waals surface area (Å²) in [6, 6.07) is 18.0. The van der Waals surface area contributed by atoms with E-state index in [9.17, 15) is 4.79 Å². The molecule has 1 atom stereocenters. The molecule has 3 heterocycles. The average molecular weight is 414 g/mol. The number of carbonyl (C=O) groups excluding carboxylic acids is 1. The van der Waals surface area contributed by atoms with Gasteiger partial charge in [-0.3, -0.25) is 14.7 Å². The van der Waals surface area contributed by atoms with E-state index in [2.05, 4.69) is 34.6 Å². The van der Waals surface area contributed by atoms with Crippen LogP contribution in [0.2, 0.25) is 0 Å². The zero-order valence-electron chi connectivity index (χ0n) is 17.8. The molecular weight excluding hydrogens is 386 g/mol. The number of pyridine rings is 1. The van der Waals surface area contributed by atoms with Gasteiger partial charge in [0.05, 0.1) is 28.7 Å². The lowest BCUT2D eigenvalue weighted by atomic mass is 9.99. The zero-order chi connectivity index (χ0) is 21.4. The molecule has 1 amide bonds. The quantitative estimate of drug-likeness (QED) is 0.517. The van der Waals surface area contributed by atoms with Crippen LogP contribution in [0.25, 0.3) is 21.9 Å². The number of primary amides is 1. The van der Waals surface area contributed by atoms with Crippen molar-refractivity contribution in [1.82, 2.24) is 19.4 Å². The fraction of sp³-hybridized carbons (Fsp3) is 0.320. The SMILES string of the molecule is CCCn1c(CN2CCC(c3cc(C(N)=O)c4ccccc4n3)C2)nc2ccccc21. The molecule has 158 valence electrons. The number of carbonyl (C=O) groups is 1. The van der Waals surface area contributed by atoms with Gasteiger partial charge in [-0.15, -0.1) is 0 Å². The Morgan fingerprint density at radius 1 is 1.10 bits per heavy atom. The van der Waals surface area contributed by atoms with Crippen molar-refractivity contribution in [1.29, 1.82) is 0 Å². The van der Waals surface area contributed by atoms with E-state index >= 15 is 0 Å². The van der Waals surface area contributed by atoms with Crippen LogP contribution in [0.15, 0.2) is 54.6 Å². The number of hydrogen-bond donors (Lipinski definition) is 1. The molecule has 0 saturated carbocycles. The van der Waals surface area contributed by atoms with Crippen LogP contribution in [0.4, 0.5) is 0 Å². The lowest BCUT2D eigenvalue weighted by molar-refractivity contribution is 0.100. The second-order valence-corrected chi connectivity index (χ2v) is 8.37. The van der Waals surface area contributed by atoms with Crippen molar-refractivity contribution in [2.75, 3.05) is 13.1 Å². The van der Waals surface area contributed by atoms with Gasteiger partial charge in [0.2, 0.25) is 5.91 Å². The summed E-state index contributed by atoms with van der Waals surface area (Å²) in [7, 11) is 0. The van der Waals surface area contributed by atoms with E-state index in [1.165, 1.54) is 5.52 Å². The fourth-order valence-electron chi connectivity index (χ4n) is 4.75. The van der Waals surface area contributed by atoms with Gasteiger partial charge < -0.3 is 10.3 Å². The van der Waals surface area contributed by atoms with E-state index in [-0.39, 0.29) is 5.92 Å². The van der Waals surface area contributed by atoms with Gasteiger partial charge in [-0.1, -0.05) is 37.3 Å². The van der Waals surface area contributed by atoms with E-state index in [0.717, 1.165) is 67.0 Å². The molecule has 0 radical (unpaired) electrons. The maximum atomic E-state index is 12.0. The average Bonchev–Trinajstić information content (AvgIpc) is 3.38. The number of hydrogen-bond acceptors (Lipinski definition) is 4. The molecule has 1 unspecified atom stereocenters. The molecule has 4 aromatic rings. The van der Waals surface area contributed by atoms with Crippen LogP contribution in [0.3, 0.4) is 0 Å². The van der Waals surface area contributed by atoms with E-state index < -0.39 is 5.91 Å². The molecule has 1 saturated heterocycles. The molecule has 1 aliphatic heterocycles. The van der Waals surface area contributed by atoms with E-state index in [4.69, 9.17) is 15.7 Å². The Labute approximate surface area is 181 Å². The minimum absolute atomic E-state index is 0.284. The minimum Gasteiger partial charge on any atom is -0.366 e. The summed E-state index contributed by atoms with van der Waals surface area (Å²) in [6.45, 7) is 5.88. The van der Waals surface area contributed by atoms with Crippen LogP contribution in [0.1, 0.15) is 47.6 Å². The molecule has 2 aromatic carbocycles. The first-order chi connectivity index (χ1) is 15.1. The third kappa shape index (κ3) is 3.68. The van der Waals surface area contributed by atoms with Gasteiger partial charge in [-0.05, 0) is 43.7 Å². The maximum Gasteiger partial charge on any atom is 0.249 e. The van der Waals surface area contributed by atoms with Gasteiger partial charge in [0.15, 0.2) is 0 Å². The number of aromatic nitrogens is 3. The van der Waals surface area contributed by atoms with E-state index in [1.807, 2.05) is 36.4 Å². The highest BCUT2D eigenvalue weighted by molar-refractivity contribution is 6.05. The predicted molar refractivity (Wildman–Crippen MR) is 123 cm³/mol. The number of nitrogens with zero attached hydrogens (tertiary/aromatic N) is 4. The summed E-state index contributed by atoms with van der Waals surface area (Å²) in [6.07, 6.45) is 2.09. The first-order valence-electron chi connectivity index (χ1n) is 11.0. The standard InChI is InChI=1S/C25H27N5O/c1-2-12-30-23-10-6-5-9-21(23)28-24(30)16-29-13-11-17(15-29)22-14-19(25(26)31)18-7-3-4-8-20(18)27-22/h3-10,14,17H,2,11-13,15-16H2,1H3,(H2,26,31). The summed E-state index contributed by atoms with van der Waals surface area (Å²) in [5.41, 5.74) is 10.3. The third-order valence-electron chi connectivity index (χ3n) is 6.24. The summed E-state index contributed by atoms with van der Waals surface area (Å²) in [5, 5.41) is 0.821. The molecule has 2 N–H and O–H groups in total. The highest BCUT2D eigenvalue weighted by Crippen LogP contribution is 2.30. The molecule has 1 fully saturated rings. The minimum atomic E-state index is -0.400. The smallest absolute Gasteiger partial charge is 0.249 e. The molecule has 6 nitrogen and oxygen atoms in total. The summed E-state index contributed by atoms with van der Waals surface area (Å²) in [4.78, 5) is 24.3. The van der Waals surface area contributed by atoms with Crippen molar-refractivity contribution < 1.29 is 4.79 Å². The molecule has 0 spiro atoms. The van der Waals surface area contributed by atoms with Gasteiger partial charge in [0.25, 0.3) is 0 Å². The molecule has 2 aromatic heterocycles.